The van der Waals surface area contributed by atoms with Gasteiger partial charge in [0.1, 0.15) is 0 Å². The van der Waals surface area contributed by atoms with Gasteiger partial charge < -0.3 is 5.32 Å². The average Bonchev–Trinajstić information content (AvgIpc) is 2.70. The molecule has 1 N–H and O–H groups in total. The molecule has 0 bridgehead atoms. The number of aromatic nitrogens is 2. The van der Waals surface area contributed by atoms with Crippen LogP contribution in [0.2, 0.25) is 0 Å². The van der Waals surface area contributed by atoms with Crippen LogP contribution in [0.25, 0.3) is 0 Å². The summed E-state index contributed by atoms with van der Waals surface area (Å²) in [6, 6.07) is 8.00. The van der Waals surface area contributed by atoms with E-state index in [1.54, 1.807) is 23.4 Å². The lowest BCUT2D eigenvalue weighted by Gasteiger charge is -2.12. The molecule has 2 aromatic rings. The number of hydrogen-bond donors (Lipinski definition) is 1. The minimum absolute atomic E-state index is 0.0122. The predicted octanol–water partition coefficient (Wildman–Crippen LogP) is 4.62. The number of carbonyl (C=O) groups excluding carboxylic acids is 1. The van der Waals surface area contributed by atoms with E-state index in [0.717, 1.165) is 64.4 Å². The summed E-state index contributed by atoms with van der Waals surface area (Å²) >= 11 is 5.01. The average molecular weight is 480 g/mol. The summed E-state index contributed by atoms with van der Waals surface area (Å²) in [5.41, 5.74) is 2.63. The number of nitrogens with one attached hydrogen (secondary N) is 1. The van der Waals surface area contributed by atoms with E-state index in [-0.39, 0.29) is 11.5 Å². The number of carbonyl (C=O) groups is 1. The van der Waals surface area contributed by atoms with E-state index in [9.17, 15) is 9.59 Å². The second kappa shape index (κ2) is 12.2. The van der Waals surface area contributed by atoms with E-state index in [2.05, 4.69) is 33.2 Å². The van der Waals surface area contributed by atoms with Crippen molar-refractivity contribution in [2.24, 2.45) is 7.05 Å². The van der Waals surface area contributed by atoms with Crippen LogP contribution in [0.3, 0.4) is 0 Å². The Labute approximate surface area is 185 Å². The number of hydrogen-bond acceptors (Lipinski definition) is 4. The highest BCUT2D eigenvalue weighted by Gasteiger charge is 2.13. The Morgan fingerprint density at radius 1 is 1.21 bits per heavy atom. The van der Waals surface area contributed by atoms with Gasteiger partial charge in [-0.1, -0.05) is 53.2 Å². The van der Waals surface area contributed by atoms with Crippen LogP contribution in [-0.4, -0.2) is 27.8 Å². The van der Waals surface area contributed by atoms with Gasteiger partial charge in [0, 0.05) is 47.9 Å². The first-order valence-corrected chi connectivity index (χ1v) is 11.9. The zero-order chi connectivity index (χ0) is 21.2. The van der Waals surface area contributed by atoms with Crippen molar-refractivity contribution in [2.45, 2.75) is 57.5 Å². The van der Waals surface area contributed by atoms with Gasteiger partial charge in [0.25, 0.3) is 5.56 Å². The van der Waals surface area contributed by atoms with Gasteiger partial charge in [-0.15, -0.1) is 0 Å². The summed E-state index contributed by atoms with van der Waals surface area (Å²) < 4.78 is 2.66. The highest BCUT2D eigenvalue weighted by atomic mass is 79.9. The minimum Gasteiger partial charge on any atom is -0.356 e. The van der Waals surface area contributed by atoms with E-state index in [0.29, 0.717) is 12.8 Å². The maximum Gasteiger partial charge on any atom is 0.257 e. The highest BCUT2D eigenvalue weighted by Crippen LogP contribution is 2.19. The maximum absolute atomic E-state index is 12.8. The second-order valence-corrected chi connectivity index (χ2v) is 9.11. The molecule has 1 aromatic carbocycles. The summed E-state index contributed by atoms with van der Waals surface area (Å²) in [7, 11) is 1.78. The quantitative estimate of drug-likeness (QED) is 0.290. The van der Waals surface area contributed by atoms with Crippen molar-refractivity contribution < 1.29 is 4.79 Å². The van der Waals surface area contributed by atoms with Crippen molar-refractivity contribution in [3.8, 4) is 0 Å². The van der Waals surface area contributed by atoms with E-state index >= 15 is 0 Å². The second-order valence-electron chi connectivity index (χ2n) is 7.13. The van der Waals surface area contributed by atoms with Gasteiger partial charge in [-0.05, 0) is 43.9 Å². The molecule has 7 heteroatoms. The SMILES string of the molecule is CCCCNC(=O)CCCCSc1nc(C)c(Cc2ccc(Br)cc2)c(=O)n1C. The molecule has 0 radical (unpaired) electrons. The molecule has 1 aromatic heterocycles. The van der Waals surface area contributed by atoms with Gasteiger partial charge in [-0.25, -0.2) is 4.98 Å². The van der Waals surface area contributed by atoms with Crippen LogP contribution in [-0.2, 0) is 18.3 Å². The Morgan fingerprint density at radius 2 is 1.93 bits per heavy atom. The third kappa shape index (κ3) is 7.63. The number of aryl methyl sites for hydroxylation is 1. The molecule has 0 aliphatic heterocycles. The number of unbranched alkanes of at least 4 members (excludes halogenated alkanes) is 2. The molecule has 1 amide bonds. The van der Waals surface area contributed by atoms with Crippen molar-refractivity contribution in [1.82, 2.24) is 14.9 Å². The fourth-order valence-electron chi connectivity index (χ4n) is 2.91. The van der Waals surface area contributed by atoms with E-state index in [1.165, 1.54) is 0 Å². The van der Waals surface area contributed by atoms with E-state index < -0.39 is 0 Å². The number of halogens is 1. The van der Waals surface area contributed by atoms with Crippen molar-refractivity contribution in [2.75, 3.05) is 12.3 Å². The Hall–Kier alpha value is -1.60. The largest absolute Gasteiger partial charge is 0.356 e. The molecule has 0 fully saturated rings. The summed E-state index contributed by atoms with van der Waals surface area (Å²) in [6.07, 6.45) is 5.02. The molecular formula is C22H30BrN3O2S. The van der Waals surface area contributed by atoms with Crippen LogP contribution < -0.4 is 10.9 Å². The maximum atomic E-state index is 12.8. The topological polar surface area (TPSA) is 64.0 Å². The van der Waals surface area contributed by atoms with Crippen LogP contribution in [0.5, 0.6) is 0 Å². The van der Waals surface area contributed by atoms with Crippen LogP contribution >= 0.6 is 27.7 Å². The molecule has 0 aliphatic rings. The Bertz CT molecular complexity index is 866. The molecule has 5 nitrogen and oxygen atoms in total. The number of benzene rings is 1. The van der Waals surface area contributed by atoms with Crippen molar-refractivity contribution in [3.05, 3.63) is 55.9 Å². The van der Waals surface area contributed by atoms with Gasteiger partial charge >= 0.3 is 0 Å². The number of nitrogens with zero attached hydrogens (tertiary/aromatic N) is 2. The monoisotopic (exact) mass is 479 g/mol. The number of thioether (sulfide) groups is 1. The van der Waals surface area contributed by atoms with E-state index in [4.69, 9.17) is 0 Å². The molecule has 0 saturated carbocycles. The van der Waals surface area contributed by atoms with Crippen molar-refractivity contribution in [3.63, 3.8) is 0 Å². The molecule has 29 heavy (non-hydrogen) atoms. The molecule has 2 rings (SSSR count). The predicted molar refractivity (Wildman–Crippen MR) is 124 cm³/mol. The third-order valence-electron chi connectivity index (χ3n) is 4.73. The lowest BCUT2D eigenvalue weighted by Crippen LogP contribution is -2.26. The lowest BCUT2D eigenvalue weighted by molar-refractivity contribution is -0.121. The molecule has 0 unspecified atom stereocenters. The summed E-state index contributed by atoms with van der Waals surface area (Å²) in [5, 5.41) is 3.67. The Morgan fingerprint density at radius 3 is 2.62 bits per heavy atom. The zero-order valence-electron chi connectivity index (χ0n) is 17.5. The molecule has 0 atom stereocenters. The first-order valence-electron chi connectivity index (χ1n) is 10.1. The van der Waals surface area contributed by atoms with Gasteiger partial charge in [0.15, 0.2) is 5.16 Å². The van der Waals surface area contributed by atoms with Crippen LogP contribution in [0.4, 0.5) is 0 Å². The van der Waals surface area contributed by atoms with Crippen molar-refractivity contribution >= 4 is 33.6 Å². The number of amides is 1. The number of rotatable bonds is 11. The Kier molecular flexibility index (Phi) is 9.94. The lowest BCUT2D eigenvalue weighted by atomic mass is 10.1. The van der Waals surface area contributed by atoms with Crippen LogP contribution in [0.15, 0.2) is 38.7 Å². The minimum atomic E-state index is 0.0122. The molecule has 0 aliphatic carbocycles. The first-order chi connectivity index (χ1) is 13.9. The van der Waals surface area contributed by atoms with Gasteiger partial charge in [-0.2, -0.15) is 0 Å². The van der Waals surface area contributed by atoms with Gasteiger partial charge in [0.2, 0.25) is 5.91 Å². The fraction of sp³-hybridized carbons (Fsp3) is 0.500. The smallest absolute Gasteiger partial charge is 0.257 e. The molecule has 0 saturated heterocycles. The highest BCUT2D eigenvalue weighted by molar-refractivity contribution is 9.10. The molecular weight excluding hydrogens is 450 g/mol. The molecule has 1 heterocycles. The van der Waals surface area contributed by atoms with Crippen molar-refractivity contribution in [1.29, 1.82) is 0 Å². The third-order valence-corrected chi connectivity index (χ3v) is 6.37. The summed E-state index contributed by atoms with van der Waals surface area (Å²) in [4.78, 5) is 29.2. The van der Waals surface area contributed by atoms with Gasteiger partial charge in [-0.3, -0.25) is 14.2 Å². The first kappa shape index (κ1) is 23.7. The summed E-state index contributed by atoms with van der Waals surface area (Å²) in [6.45, 7) is 4.78. The van der Waals surface area contributed by atoms with Gasteiger partial charge in [0.05, 0.1) is 0 Å². The summed E-state index contributed by atoms with van der Waals surface area (Å²) in [5.74, 6) is 0.968. The molecule has 0 spiro atoms. The van der Waals surface area contributed by atoms with Crippen LogP contribution in [0.1, 0.15) is 55.8 Å². The Balaban J connectivity index is 1.88. The standard InChI is InChI=1S/C22H30BrN3O2S/c1-4-5-13-24-20(27)8-6-7-14-29-22-25-16(2)19(21(28)26(22)3)15-17-9-11-18(23)12-10-17/h9-12H,4-8,13-15H2,1-3H3,(H,24,27). The van der Waals surface area contributed by atoms with Crippen LogP contribution in [0, 0.1) is 6.92 Å². The normalized spacial score (nSPS) is 10.9. The fourth-order valence-corrected chi connectivity index (χ4v) is 4.19. The zero-order valence-corrected chi connectivity index (χ0v) is 19.9. The van der Waals surface area contributed by atoms with E-state index in [1.807, 2.05) is 31.2 Å². The molecule has 158 valence electrons.